The van der Waals surface area contributed by atoms with Crippen molar-refractivity contribution in [2.75, 3.05) is 19.5 Å². The number of methoxy groups -OCH3 is 2. The number of aromatic nitrogens is 2. The number of hydrogen-bond acceptors (Lipinski definition) is 7. The maximum atomic E-state index is 11.7. The molecule has 1 aromatic heterocycles. The van der Waals surface area contributed by atoms with Gasteiger partial charge in [0.1, 0.15) is 22.1 Å². The minimum Gasteiger partial charge on any atom is -0.497 e. The summed E-state index contributed by atoms with van der Waals surface area (Å²) in [5, 5.41) is 11.6. The van der Waals surface area contributed by atoms with Crippen LogP contribution in [0.1, 0.15) is 20.8 Å². The fraction of sp³-hybridized carbons (Fsp3) is 0.400. The van der Waals surface area contributed by atoms with Gasteiger partial charge in [-0.05, 0) is 32.9 Å². The standard InChI is InChI=1S/C15H19N3O4S/c1-15(2,3)22-14(19)16-13-18-17-12(23-13)9-6-10(20-4)8-11(7-9)21-5/h6-8H,1-5H3,(H,16,18,19). The normalized spacial score (nSPS) is 11.0. The molecule has 2 rings (SSSR count). The van der Waals surface area contributed by atoms with Crippen molar-refractivity contribution in [3.8, 4) is 22.1 Å². The topological polar surface area (TPSA) is 82.6 Å². The Balaban J connectivity index is 2.17. The molecule has 0 saturated heterocycles. The lowest BCUT2D eigenvalue weighted by Crippen LogP contribution is -2.27. The van der Waals surface area contributed by atoms with Crippen molar-refractivity contribution >= 4 is 22.6 Å². The van der Waals surface area contributed by atoms with E-state index in [1.165, 1.54) is 11.3 Å². The van der Waals surface area contributed by atoms with Crippen LogP contribution in [0.2, 0.25) is 0 Å². The van der Waals surface area contributed by atoms with E-state index in [0.717, 1.165) is 5.56 Å². The molecule has 1 amide bonds. The number of benzene rings is 1. The van der Waals surface area contributed by atoms with E-state index in [4.69, 9.17) is 14.2 Å². The Morgan fingerprint density at radius 1 is 1.09 bits per heavy atom. The van der Waals surface area contributed by atoms with Crippen LogP contribution in [0.25, 0.3) is 10.6 Å². The van der Waals surface area contributed by atoms with Gasteiger partial charge in [0.2, 0.25) is 5.13 Å². The molecule has 0 aliphatic heterocycles. The van der Waals surface area contributed by atoms with Crippen LogP contribution in [0.15, 0.2) is 18.2 Å². The second-order valence-corrected chi connectivity index (χ2v) is 6.62. The molecule has 0 fully saturated rings. The van der Waals surface area contributed by atoms with Crippen molar-refractivity contribution in [3.05, 3.63) is 18.2 Å². The summed E-state index contributed by atoms with van der Waals surface area (Å²) in [6.45, 7) is 5.38. The lowest BCUT2D eigenvalue weighted by atomic mass is 10.2. The van der Waals surface area contributed by atoms with Crippen molar-refractivity contribution in [1.82, 2.24) is 10.2 Å². The summed E-state index contributed by atoms with van der Waals surface area (Å²) in [6.07, 6.45) is -0.566. The first-order chi connectivity index (χ1) is 10.8. The fourth-order valence-electron chi connectivity index (χ4n) is 1.71. The van der Waals surface area contributed by atoms with E-state index in [-0.39, 0.29) is 0 Å². The summed E-state index contributed by atoms with van der Waals surface area (Å²) < 4.78 is 15.6. The van der Waals surface area contributed by atoms with Crippen LogP contribution in [0.3, 0.4) is 0 Å². The third kappa shape index (κ3) is 4.82. The van der Waals surface area contributed by atoms with Gasteiger partial charge in [0, 0.05) is 11.6 Å². The molecule has 8 heteroatoms. The van der Waals surface area contributed by atoms with E-state index in [0.29, 0.717) is 21.6 Å². The zero-order chi connectivity index (χ0) is 17.0. The molecule has 1 heterocycles. The summed E-state index contributed by atoms with van der Waals surface area (Å²) in [6, 6.07) is 5.41. The minimum atomic E-state index is -0.572. The Morgan fingerprint density at radius 2 is 1.70 bits per heavy atom. The van der Waals surface area contributed by atoms with Crippen LogP contribution < -0.4 is 14.8 Å². The Labute approximate surface area is 138 Å². The van der Waals surface area contributed by atoms with E-state index in [1.54, 1.807) is 41.1 Å². The van der Waals surface area contributed by atoms with Crippen molar-refractivity contribution in [2.24, 2.45) is 0 Å². The average molecular weight is 337 g/mol. The van der Waals surface area contributed by atoms with Crippen molar-refractivity contribution in [2.45, 2.75) is 26.4 Å². The van der Waals surface area contributed by atoms with Crippen LogP contribution in [0.4, 0.5) is 9.93 Å². The number of nitrogens with one attached hydrogen (secondary N) is 1. The summed E-state index contributed by atoms with van der Waals surface area (Å²) in [5.74, 6) is 1.30. The highest BCUT2D eigenvalue weighted by atomic mass is 32.1. The number of carbonyl (C=O) groups excluding carboxylic acids is 1. The Morgan fingerprint density at radius 3 is 2.22 bits per heavy atom. The summed E-state index contributed by atoms with van der Waals surface area (Å²) in [4.78, 5) is 11.7. The molecule has 0 spiro atoms. The second-order valence-electron chi connectivity index (χ2n) is 5.64. The fourth-order valence-corrected chi connectivity index (χ4v) is 2.43. The minimum absolute atomic E-state index is 0.357. The van der Waals surface area contributed by atoms with Gasteiger partial charge < -0.3 is 14.2 Å². The molecule has 0 bridgehead atoms. The molecule has 0 atom stereocenters. The number of amides is 1. The van der Waals surface area contributed by atoms with Crippen molar-refractivity contribution in [1.29, 1.82) is 0 Å². The predicted octanol–water partition coefficient (Wildman–Crippen LogP) is 3.57. The highest BCUT2D eigenvalue weighted by molar-refractivity contribution is 7.18. The molecule has 1 aromatic carbocycles. The molecule has 1 N–H and O–H groups in total. The third-order valence-corrected chi connectivity index (χ3v) is 3.52. The van der Waals surface area contributed by atoms with Gasteiger partial charge in [-0.25, -0.2) is 4.79 Å². The predicted molar refractivity (Wildman–Crippen MR) is 88.3 cm³/mol. The molecular weight excluding hydrogens is 318 g/mol. The summed E-state index contributed by atoms with van der Waals surface area (Å²) in [5.41, 5.74) is 0.216. The number of hydrogen-bond donors (Lipinski definition) is 1. The first-order valence-electron chi connectivity index (χ1n) is 6.87. The lowest BCUT2D eigenvalue weighted by molar-refractivity contribution is 0.0636. The summed E-state index contributed by atoms with van der Waals surface area (Å²) >= 11 is 1.23. The molecule has 0 saturated carbocycles. The number of nitrogens with zero attached hydrogens (tertiary/aromatic N) is 2. The molecule has 7 nitrogen and oxygen atoms in total. The molecule has 2 aromatic rings. The number of anilines is 1. The van der Waals surface area contributed by atoms with Crippen LogP contribution in [0.5, 0.6) is 11.5 Å². The van der Waals surface area contributed by atoms with Gasteiger partial charge in [-0.3, -0.25) is 5.32 Å². The molecular formula is C15H19N3O4S. The highest BCUT2D eigenvalue weighted by Crippen LogP contribution is 2.32. The van der Waals surface area contributed by atoms with E-state index in [9.17, 15) is 4.79 Å². The molecule has 0 aliphatic rings. The van der Waals surface area contributed by atoms with Gasteiger partial charge in [0.25, 0.3) is 0 Å². The van der Waals surface area contributed by atoms with Crippen molar-refractivity contribution < 1.29 is 19.0 Å². The van der Waals surface area contributed by atoms with Crippen molar-refractivity contribution in [3.63, 3.8) is 0 Å². The lowest BCUT2D eigenvalue weighted by Gasteiger charge is -2.18. The Bertz CT molecular complexity index is 672. The molecule has 0 radical (unpaired) electrons. The maximum Gasteiger partial charge on any atom is 0.414 e. The van der Waals surface area contributed by atoms with Crippen LogP contribution in [-0.4, -0.2) is 36.1 Å². The van der Waals surface area contributed by atoms with Gasteiger partial charge in [-0.15, -0.1) is 10.2 Å². The number of carbonyl (C=O) groups is 1. The Kier molecular flexibility index (Phi) is 5.05. The van der Waals surface area contributed by atoms with Crippen LogP contribution in [-0.2, 0) is 4.74 Å². The molecule has 0 aliphatic carbocycles. The SMILES string of the molecule is COc1cc(OC)cc(-c2nnc(NC(=O)OC(C)(C)C)s2)c1. The van der Waals surface area contributed by atoms with E-state index in [2.05, 4.69) is 15.5 Å². The second kappa shape index (κ2) is 6.82. The monoisotopic (exact) mass is 337 g/mol. The molecule has 0 unspecified atom stereocenters. The van der Waals surface area contributed by atoms with E-state index >= 15 is 0 Å². The quantitative estimate of drug-likeness (QED) is 0.918. The number of ether oxygens (including phenoxy) is 3. The third-order valence-electron chi connectivity index (χ3n) is 2.63. The van der Waals surface area contributed by atoms with Gasteiger partial charge in [-0.2, -0.15) is 0 Å². The largest absolute Gasteiger partial charge is 0.497 e. The smallest absolute Gasteiger partial charge is 0.414 e. The first-order valence-corrected chi connectivity index (χ1v) is 7.69. The van der Waals surface area contributed by atoms with E-state index in [1.807, 2.05) is 12.1 Å². The van der Waals surface area contributed by atoms with Gasteiger partial charge in [-0.1, -0.05) is 11.3 Å². The highest BCUT2D eigenvalue weighted by Gasteiger charge is 2.18. The maximum absolute atomic E-state index is 11.7. The van der Waals surface area contributed by atoms with Crippen LogP contribution in [0, 0.1) is 0 Å². The zero-order valence-corrected chi connectivity index (χ0v) is 14.5. The molecule has 124 valence electrons. The van der Waals surface area contributed by atoms with Gasteiger partial charge in [0.15, 0.2) is 0 Å². The first kappa shape index (κ1) is 17.0. The zero-order valence-electron chi connectivity index (χ0n) is 13.7. The summed E-state index contributed by atoms with van der Waals surface area (Å²) in [7, 11) is 3.16. The van der Waals surface area contributed by atoms with Crippen LogP contribution >= 0.6 is 11.3 Å². The molecule has 23 heavy (non-hydrogen) atoms. The Hall–Kier alpha value is -2.35. The van der Waals surface area contributed by atoms with Gasteiger partial charge >= 0.3 is 6.09 Å². The average Bonchev–Trinajstić information content (AvgIpc) is 2.93. The van der Waals surface area contributed by atoms with E-state index < -0.39 is 11.7 Å². The van der Waals surface area contributed by atoms with Gasteiger partial charge in [0.05, 0.1) is 14.2 Å². The number of rotatable bonds is 4.